The van der Waals surface area contributed by atoms with E-state index in [9.17, 15) is 9.59 Å². The topological polar surface area (TPSA) is 88.3 Å². The standard InChI is InChI=1S/C22H30N4O3S/c1-14(2)19-24-21(29-25-19)15-12-16-17(13-15)26(22(28)18-8-7-11-30-18)10-6-4-3-5-9-23-20(16)27/h7-8,11,14-17H,3-6,9-10,12-13H2,1-2H3,(H,23,27). The fourth-order valence-corrected chi connectivity index (χ4v) is 5.23. The van der Waals surface area contributed by atoms with Crippen molar-refractivity contribution in [3.8, 4) is 0 Å². The molecule has 3 heterocycles. The third-order valence-corrected chi connectivity index (χ3v) is 7.06. The van der Waals surface area contributed by atoms with E-state index < -0.39 is 0 Å². The zero-order valence-electron chi connectivity index (χ0n) is 17.7. The summed E-state index contributed by atoms with van der Waals surface area (Å²) < 4.78 is 5.56. The first kappa shape index (κ1) is 21.0. The van der Waals surface area contributed by atoms with Crippen LogP contribution in [0.4, 0.5) is 0 Å². The van der Waals surface area contributed by atoms with Crippen molar-refractivity contribution in [2.45, 2.75) is 70.3 Å². The predicted octanol–water partition coefficient (Wildman–Crippen LogP) is 3.95. The van der Waals surface area contributed by atoms with E-state index in [0.29, 0.717) is 37.6 Å². The molecule has 1 saturated carbocycles. The largest absolute Gasteiger partial charge is 0.356 e. The van der Waals surface area contributed by atoms with E-state index in [1.165, 1.54) is 11.3 Å². The maximum absolute atomic E-state index is 13.3. The van der Waals surface area contributed by atoms with Crippen molar-refractivity contribution < 1.29 is 14.1 Å². The fraction of sp³-hybridized carbons (Fsp3) is 0.636. The van der Waals surface area contributed by atoms with Crippen LogP contribution in [0.25, 0.3) is 0 Å². The van der Waals surface area contributed by atoms with Crippen LogP contribution in [0.15, 0.2) is 22.0 Å². The molecule has 0 aromatic carbocycles. The molecule has 3 unspecified atom stereocenters. The number of thiophene rings is 1. The van der Waals surface area contributed by atoms with Crippen LogP contribution in [0.3, 0.4) is 0 Å². The molecule has 162 valence electrons. The van der Waals surface area contributed by atoms with Crippen LogP contribution in [-0.4, -0.2) is 46.0 Å². The second-order valence-corrected chi connectivity index (χ2v) is 9.62. The first-order valence-electron chi connectivity index (χ1n) is 11.0. The summed E-state index contributed by atoms with van der Waals surface area (Å²) in [5, 5.41) is 9.13. The molecule has 0 spiro atoms. The number of nitrogens with zero attached hydrogens (tertiary/aromatic N) is 3. The van der Waals surface area contributed by atoms with Gasteiger partial charge in [0.05, 0.1) is 10.8 Å². The maximum Gasteiger partial charge on any atom is 0.264 e. The Labute approximate surface area is 181 Å². The van der Waals surface area contributed by atoms with Crippen molar-refractivity contribution in [3.05, 3.63) is 34.1 Å². The molecule has 1 N–H and O–H groups in total. The smallest absolute Gasteiger partial charge is 0.264 e. The molecular formula is C22H30N4O3S. The average molecular weight is 431 g/mol. The van der Waals surface area contributed by atoms with Crippen LogP contribution >= 0.6 is 11.3 Å². The van der Waals surface area contributed by atoms with Gasteiger partial charge in [-0.3, -0.25) is 9.59 Å². The van der Waals surface area contributed by atoms with Crippen molar-refractivity contribution in [2.75, 3.05) is 13.1 Å². The third kappa shape index (κ3) is 4.43. The molecule has 7 nitrogen and oxygen atoms in total. The first-order valence-corrected chi connectivity index (χ1v) is 11.9. The van der Waals surface area contributed by atoms with Gasteiger partial charge in [0.25, 0.3) is 5.91 Å². The molecule has 0 bridgehead atoms. The van der Waals surface area contributed by atoms with E-state index in [1.54, 1.807) is 0 Å². The second kappa shape index (κ2) is 9.29. The highest BCUT2D eigenvalue weighted by atomic mass is 32.1. The van der Waals surface area contributed by atoms with Gasteiger partial charge < -0.3 is 14.7 Å². The molecule has 4 rings (SSSR count). The quantitative estimate of drug-likeness (QED) is 0.797. The molecule has 0 radical (unpaired) electrons. The van der Waals surface area contributed by atoms with Gasteiger partial charge in [0.2, 0.25) is 11.8 Å². The lowest BCUT2D eigenvalue weighted by Gasteiger charge is -2.32. The molecular weight excluding hydrogens is 400 g/mol. The lowest BCUT2D eigenvalue weighted by molar-refractivity contribution is -0.126. The van der Waals surface area contributed by atoms with Crippen molar-refractivity contribution in [1.82, 2.24) is 20.4 Å². The fourth-order valence-electron chi connectivity index (χ4n) is 4.55. The van der Waals surface area contributed by atoms with Crippen molar-refractivity contribution >= 4 is 23.2 Å². The predicted molar refractivity (Wildman–Crippen MR) is 114 cm³/mol. The summed E-state index contributed by atoms with van der Waals surface area (Å²) in [6.45, 7) is 5.44. The number of hydrogen-bond acceptors (Lipinski definition) is 6. The molecule has 1 saturated heterocycles. The molecule has 1 aliphatic heterocycles. The van der Waals surface area contributed by atoms with Crippen LogP contribution in [0, 0.1) is 5.92 Å². The van der Waals surface area contributed by atoms with Gasteiger partial charge in [-0.25, -0.2) is 0 Å². The van der Waals surface area contributed by atoms with E-state index in [0.717, 1.165) is 30.6 Å². The minimum atomic E-state index is -0.258. The van der Waals surface area contributed by atoms with Gasteiger partial charge in [-0.1, -0.05) is 37.9 Å². The number of rotatable bonds is 3. The van der Waals surface area contributed by atoms with E-state index in [-0.39, 0.29) is 35.6 Å². The second-order valence-electron chi connectivity index (χ2n) is 8.67. The Morgan fingerprint density at radius 3 is 2.83 bits per heavy atom. The SMILES string of the molecule is CC(C)c1noc(C2CC3C(=O)NCCCCCCN(C(=O)c4cccs4)C3C2)n1. The Kier molecular flexibility index (Phi) is 6.51. The summed E-state index contributed by atoms with van der Waals surface area (Å²) in [5.41, 5.74) is 0. The van der Waals surface area contributed by atoms with Crippen LogP contribution < -0.4 is 5.32 Å². The van der Waals surface area contributed by atoms with Crippen LogP contribution in [-0.2, 0) is 4.79 Å². The molecule has 30 heavy (non-hydrogen) atoms. The van der Waals surface area contributed by atoms with Crippen LogP contribution in [0.1, 0.15) is 85.6 Å². The third-order valence-electron chi connectivity index (χ3n) is 6.21. The molecule has 2 aromatic heterocycles. The first-order chi connectivity index (χ1) is 14.5. The van der Waals surface area contributed by atoms with Crippen molar-refractivity contribution in [1.29, 1.82) is 0 Å². The molecule has 2 aromatic rings. The molecule has 2 aliphatic rings. The number of amides is 2. The lowest BCUT2D eigenvalue weighted by atomic mass is 10.00. The highest BCUT2D eigenvalue weighted by Gasteiger charge is 2.45. The summed E-state index contributed by atoms with van der Waals surface area (Å²) in [6.07, 6.45) is 5.37. The van der Waals surface area contributed by atoms with Gasteiger partial charge >= 0.3 is 0 Å². The molecule has 8 heteroatoms. The Morgan fingerprint density at radius 2 is 2.10 bits per heavy atom. The Hall–Kier alpha value is -2.22. The summed E-state index contributed by atoms with van der Waals surface area (Å²) in [4.78, 5) is 33.7. The number of nitrogens with one attached hydrogen (secondary N) is 1. The number of hydrogen-bond donors (Lipinski definition) is 1. The summed E-state index contributed by atoms with van der Waals surface area (Å²) in [7, 11) is 0. The van der Waals surface area contributed by atoms with Crippen molar-refractivity contribution in [2.24, 2.45) is 5.92 Å². The Morgan fingerprint density at radius 1 is 1.27 bits per heavy atom. The number of aromatic nitrogens is 2. The molecule has 1 aliphatic carbocycles. The lowest BCUT2D eigenvalue weighted by Crippen LogP contribution is -2.47. The highest BCUT2D eigenvalue weighted by molar-refractivity contribution is 7.12. The minimum Gasteiger partial charge on any atom is -0.356 e. The van der Waals surface area contributed by atoms with E-state index in [4.69, 9.17) is 4.52 Å². The minimum absolute atomic E-state index is 0.00711. The van der Waals surface area contributed by atoms with Crippen LogP contribution in [0.2, 0.25) is 0 Å². The summed E-state index contributed by atoms with van der Waals surface area (Å²) in [5.74, 6) is 1.27. The molecule has 3 atom stereocenters. The van der Waals surface area contributed by atoms with E-state index >= 15 is 0 Å². The van der Waals surface area contributed by atoms with Gasteiger partial charge in [0.15, 0.2) is 5.82 Å². The Bertz CT molecular complexity index is 864. The van der Waals surface area contributed by atoms with Gasteiger partial charge in [0.1, 0.15) is 0 Å². The van der Waals surface area contributed by atoms with Crippen LogP contribution in [0.5, 0.6) is 0 Å². The monoisotopic (exact) mass is 430 g/mol. The zero-order valence-corrected chi connectivity index (χ0v) is 18.5. The highest BCUT2D eigenvalue weighted by Crippen LogP contribution is 2.41. The van der Waals surface area contributed by atoms with Gasteiger partial charge in [-0.05, 0) is 37.1 Å². The average Bonchev–Trinajstić information content (AvgIpc) is 3.48. The summed E-state index contributed by atoms with van der Waals surface area (Å²) in [6, 6.07) is 3.61. The number of carbonyl (C=O) groups is 2. The van der Waals surface area contributed by atoms with Gasteiger partial charge in [0, 0.05) is 31.0 Å². The van der Waals surface area contributed by atoms with E-state index in [2.05, 4.69) is 15.5 Å². The number of carbonyl (C=O) groups excluding carboxylic acids is 2. The molecule has 2 fully saturated rings. The van der Waals surface area contributed by atoms with Crippen molar-refractivity contribution in [3.63, 3.8) is 0 Å². The zero-order chi connectivity index (χ0) is 21.1. The maximum atomic E-state index is 13.3. The normalized spacial score (nSPS) is 25.6. The Balaban J connectivity index is 1.63. The van der Waals surface area contributed by atoms with Gasteiger partial charge in [-0.2, -0.15) is 4.98 Å². The van der Waals surface area contributed by atoms with E-state index in [1.807, 2.05) is 36.3 Å². The molecule has 2 amide bonds. The summed E-state index contributed by atoms with van der Waals surface area (Å²) >= 11 is 1.46. The van der Waals surface area contributed by atoms with Gasteiger partial charge in [-0.15, -0.1) is 11.3 Å². The number of fused-ring (bicyclic) bond motifs is 1.